The molecule has 3 heteroatoms. The highest BCUT2D eigenvalue weighted by Crippen LogP contribution is 2.31. The van der Waals surface area contributed by atoms with Crippen LogP contribution < -0.4 is 5.32 Å². The number of fused-ring (bicyclic) bond motifs is 3. The third-order valence-corrected chi connectivity index (χ3v) is 4.57. The van der Waals surface area contributed by atoms with E-state index >= 15 is 0 Å². The molecule has 3 aromatic rings. The maximum atomic E-state index is 6.32. The molecule has 1 aromatic heterocycles. The first-order valence-corrected chi connectivity index (χ1v) is 7.78. The van der Waals surface area contributed by atoms with Crippen molar-refractivity contribution in [3.05, 3.63) is 59.2 Å². The lowest BCUT2D eigenvalue weighted by Gasteiger charge is -2.07. The highest BCUT2D eigenvalue weighted by Gasteiger charge is 2.12. The summed E-state index contributed by atoms with van der Waals surface area (Å²) in [7, 11) is 0. The molecule has 2 aromatic carbocycles. The van der Waals surface area contributed by atoms with Crippen LogP contribution in [0.5, 0.6) is 0 Å². The highest BCUT2D eigenvalue weighted by molar-refractivity contribution is 6.33. The molecule has 0 bridgehead atoms. The molecule has 4 rings (SSSR count). The van der Waals surface area contributed by atoms with Crippen molar-refractivity contribution in [2.45, 2.75) is 13.0 Å². The van der Waals surface area contributed by atoms with E-state index in [1.807, 2.05) is 18.2 Å². The van der Waals surface area contributed by atoms with Crippen LogP contribution in [0.15, 0.2) is 48.5 Å². The Morgan fingerprint density at radius 2 is 1.90 bits per heavy atom. The molecular weight excluding hydrogens is 280 g/mol. The van der Waals surface area contributed by atoms with Gasteiger partial charge in [0, 0.05) is 53.2 Å². The number of hydrogen-bond acceptors (Lipinski definition) is 1. The van der Waals surface area contributed by atoms with E-state index in [1.165, 1.54) is 22.2 Å². The van der Waals surface area contributed by atoms with Gasteiger partial charge in [-0.3, -0.25) is 0 Å². The molecule has 106 valence electrons. The van der Waals surface area contributed by atoms with Gasteiger partial charge in [0.05, 0.1) is 0 Å². The van der Waals surface area contributed by atoms with Gasteiger partial charge in [-0.05, 0) is 29.8 Å². The lowest BCUT2D eigenvalue weighted by Crippen LogP contribution is -2.17. The van der Waals surface area contributed by atoms with E-state index in [4.69, 9.17) is 11.6 Å². The van der Waals surface area contributed by atoms with Crippen molar-refractivity contribution >= 4 is 22.5 Å². The third-order valence-electron chi connectivity index (χ3n) is 4.24. The van der Waals surface area contributed by atoms with Gasteiger partial charge >= 0.3 is 0 Å². The number of rotatable bonds is 1. The summed E-state index contributed by atoms with van der Waals surface area (Å²) in [5.41, 5.74) is 5.03. The van der Waals surface area contributed by atoms with Gasteiger partial charge in [0.25, 0.3) is 0 Å². The van der Waals surface area contributed by atoms with Gasteiger partial charge in [0.1, 0.15) is 0 Å². The number of aromatic nitrogens is 1. The fourth-order valence-corrected chi connectivity index (χ4v) is 3.44. The minimum atomic E-state index is 0.807. The second-order valence-corrected chi connectivity index (χ2v) is 5.95. The zero-order chi connectivity index (χ0) is 14.2. The van der Waals surface area contributed by atoms with Gasteiger partial charge < -0.3 is 9.88 Å². The predicted octanol–water partition coefficient (Wildman–Crippen LogP) is 4.11. The molecule has 21 heavy (non-hydrogen) atoms. The summed E-state index contributed by atoms with van der Waals surface area (Å²) in [6.07, 6.45) is 1.09. The van der Waals surface area contributed by atoms with Gasteiger partial charge in [-0.15, -0.1) is 0 Å². The Balaban J connectivity index is 1.86. The molecule has 0 fully saturated rings. The van der Waals surface area contributed by atoms with Crippen molar-refractivity contribution in [2.24, 2.45) is 0 Å². The molecule has 0 radical (unpaired) electrons. The first-order chi connectivity index (χ1) is 10.3. The van der Waals surface area contributed by atoms with Crippen LogP contribution in [-0.4, -0.2) is 17.7 Å². The maximum absolute atomic E-state index is 6.32. The standard InChI is InChI=1S/C18H17ClN2/c19-17-4-2-1-3-16(17)13-5-6-18-14(11-13)12-15-7-8-20-9-10-21(15)18/h1-6,11-12,20H,7-10H2. The fourth-order valence-electron chi connectivity index (χ4n) is 3.19. The number of nitrogens with zero attached hydrogens (tertiary/aromatic N) is 1. The van der Waals surface area contributed by atoms with E-state index in [0.717, 1.165) is 36.6 Å². The van der Waals surface area contributed by atoms with Crippen molar-refractivity contribution in [3.8, 4) is 11.1 Å². The van der Waals surface area contributed by atoms with Crippen molar-refractivity contribution in [3.63, 3.8) is 0 Å². The topological polar surface area (TPSA) is 17.0 Å². The van der Waals surface area contributed by atoms with E-state index in [1.54, 1.807) is 0 Å². The number of halogens is 1. The molecule has 0 atom stereocenters. The second-order valence-electron chi connectivity index (χ2n) is 5.54. The van der Waals surface area contributed by atoms with Gasteiger partial charge in [-0.1, -0.05) is 35.9 Å². The summed E-state index contributed by atoms with van der Waals surface area (Å²) in [6.45, 7) is 3.15. The largest absolute Gasteiger partial charge is 0.343 e. The van der Waals surface area contributed by atoms with E-state index < -0.39 is 0 Å². The van der Waals surface area contributed by atoms with Crippen LogP contribution in [-0.2, 0) is 13.0 Å². The van der Waals surface area contributed by atoms with Gasteiger partial charge in [-0.2, -0.15) is 0 Å². The van der Waals surface area contributed by atoms with E-state index in [0.29, 0.717) is 0 Å². The molecule has 1 aliphatic rings. The lowest BCUT2D eigenvalue weighted by atomic mass is 10.0. The Bertz CT molecular complexity index is 804. The first-order valence-electron chi connectivity index (χ1n) is 7.41. The number of nitrogens with one attached hydrogen (secondary N) is 1. The Morgan fingerprint density at radius 3 is 2.81 bits per heavy atom. The first kappa shape index (κ1) is 12.9. The van der Waals surface area contributed by atoms with Crippen molar-refractivity contribution in [2.75, 3.05) is 13.1 Å². The monoisotopic (exact) mass is 296 g/mol. The fraction of sp³-hybridized carbons (Fsp3) is 0.222. The summed E-state index contributed by atoms with van der Waals surface area (Å²) >= 11 is 6.32. The Morgan fingerprint density at radius 1 is 1.00 bits per heavy atom. The molecule has 0 unspecified atom stereocenters. The van der Waals surface area contributed by atoms with Crippen molar-refractivity contribution in [1.82, 2.24) is 9.88 Å². The molecule has 1 aliphatic heterocycles. The third kappa shape index (κ3) is 2.25. The van der Waals surface area contributed by atoms with Gasteiger partial charge in [0.15, 0.2) is 0 Å². The van der Waals surface area contributed by atoms with E-state index in [2.05, 4.69) is 40.2 Å². The highest BCUT2D eigenvalue weighted by atomic mass is 35.5. The van der Waals surface area contributed by atoms with Crippen LogP contribution in [0.4, 0.5) is 0 Å². The summed E-state index contributed by atoms with van der Waals surface area (Å²) in [5, 5.41) is 5.57. The zero-order valence-electron chi connectivity index (χ0n) is 11.8. The summed E-state index contributed by atoms with van der Waals surface area (Å²) in [6, 6.07) is 17.0. The average molecular weight is 297 g/mol. The molecule has 0 amide bonds. The minimum Gasteiger partial charge on any atom is -0.343 e. The van der Waals surface area contributed by atoms with E-state index in [-0.39, 0.29) is 0 Å². The van der Waals surface area contributed by atoms with Crippen LogP contribution in [0, 0.1) is 0 Å². The number of benzene rings is 2. The minimum absolute atomic E-state index is 0.807. The van der Waals surface area contributed by atoms with Crippen molar-refractivity contribution in [1.29, 1.82) is 0 Å². The summed E-state index contributed by atoms with van der Waals surface area (Å²) < 4.78 is 2.44. The second kappa shape index (κ2) is 5.21. The molecule has 0 saturated heterocycles. The van der Waals surface area contributed by atoms with Crippen LogP contribution in [0.3, 0.4) is 0 Å². The van der Waals surface area contributed by atoms with Crippen LogP contribution in [0.1, 0.15) is 5.69 Å². The zero-order valence-corrected chi connectivity index (χ0v) is 12.5. The predicted molar refractivity (Wildman–Crippen MR) is 89.0 cm³/mol. The maximum Gasteiger partial charge on any atom is 0.0484 e. The molecule has 0 aliphatic carbocycles. The number of hydrogen-bond donors (Lipinski definition) is 1. The molecular formula is C18H17ClN2. The molecule has 0 saturated carbocycles. The average Bonchev–Trinajstić information content (AvgIpc) is 2.68. The Labute approximate surface area is 129 Å². The van der Waals surface area contributed by atoms with Crippen LogP contribution >= 0.6 is 11.6 Å². The van der Waals surface area contributed by atoms with Crippen LogP contribution in [0.25, 0.3) is 22.0 Å². The van der Waals surface area contributed by atoms with Crippen molar-refractivity contribution < 1.29 is 0 Å². The summed E-state index contributed by atoms with van der Waals surface area (Å²) in [4.78, 5) is 0. The Hall–Kier alpha value is -1.77. The smallest absolute Gasteiger partial charge is 0.0484 e. The quantitative estimate of drug-likeness (QED) is 0.715. The molecule has 2 heterocycles. The SMILES string of the molecule is Clc1ccccc1-c1ccc2c(c1)cc1n2CCNCC1. The van der Waals surface area contributed by atoms with Gasteiger partial charge in [-0.25, -0.2) is 0 Å². The normalized spacial score (nSPS) is 14.9. The summed E-state index contributed by atoms with van der Waals surface area (Å²) in [5.74, 6) is 0. The Kier molecular flexibility index (Phi) is 3.21. The molecule has 1 N–H and O–H groups in total. The molecule has 0 spiro atoms. The lowest BCUT2D eigenvalue weighted by molar-refractivity contribution is 0.658. The van der Waals surface area contributed by atoms with Crippen LogP contribution in [0.2, 0.25) is 5.02 Å². The van der Waals surface area contributed by atoms with Gasteiger partial charge in [0.2, 0.25) is 0 Å². The van der Waals surface area contributed by atoms with E-state index in [9.17, 15) is 0 Å². The molecule has 2 nitrogen and oxygen atoms in total.